The van der Waals surface area contributed by atoms with E-state index in [1.807, 2.05) is 11.9 Å². The predicted octanol–water partition coefficient (Wildman–Crippen LogP) is 3.53. The Kier molecular flexibility index (Phi) is 5.49. The summed E-state index contributed by atoms with van der Waals surface area (Å²) in [6.07, 6.45) is 9.14. The van der Waals surface area contributed by atoms with Crippen LogP contribution in [0.15, 0.2) is 23.3 Å². The van der Waals surface area contributed by atoms with Crippen LogP contribution in [0.5, 0.6) is 0 Å². The van der Waals surface area contributed by atoms with Crippen LogP contribution in [0.1, 0.15) is 53.4 Å². The lowest BCUT2D eigenvalue weighted by Gasteiger charge is -2.33. The summed E-state index contributed by atoms with van der Waals surface area (Å²) in [5.74, 6) is 0.736. The van der Waals surface area contributed by atoms with Crippen molar-refractivity contribution >= 4 is 5.91 Å². The third kappa shape index (κ3) is 4.22. The molecule has 3 nitrogen and oxygen atoms in total. The van der Waals surface area contributed by atoms with E-state index in [0.29, 0.717) is 23.8 Å². The SMILES string of the molecule is CC1=C(C=CC(C)NCC2CC(=O)N(C)C2)C(C)(C)CCC1. The van der Waals surface area contributed by atoms with E-state index in [-0.39, 0.29) is 5.91 Å². The van der Waals surface area contributed by atoms with Gasteiger partial charge in [-0.05, 0) is 50.0 Å². The van der Waals surface area contributed by atoms with Gasteiger partial charge in [0.05, 0.1) is 0 Å². The molecule has 3 heteroatoms. The van der Waals surface area contributed by atoms with E-state index >= 15 is 0 Å². The zero-order valence-electron chi connectivity index (χ0n) is 14.9. The first-order valence-electron chi connectivity index (χ1n) is 8.65. The smallest absolute Gasteiger partial charge is 0.222 e. The quantitative estimate of drug-likeness (QED) is 0.843. The van der Waals surface area contributed by atoms with E-state index in [0.717, 1.165) is 13.1 Å². The first kappa shape index (κ1) is 17.3. The van der Waals surface area contributed by atoms with Crippen LogP contribution in [0.4, 0.5) is 0 Å². The lowest BCUT2D eigenvalue weighted by molar-refractivity contribution is -0.126. The second kappa shape index (κ2) is 6.99. The number of amides is 1. The zero-order valence-corrected chi connectivity index (χ0v) is 14.9. The van der Waals surface area contributed by atoms with Crippen molar-refractivity contribution in [1.29, 1.82) is 0 Å². The van der Waals surface area contributed by atoms with Crippen molar-refractivity contribution in [2.24, 2.45) is 11.3 Å². The fourth-order valence-electron chi connectivity index (χ4n) is 3.76. The molecular formula is C19H32N2O. The Morgan fingerprint density at radius 3 is 2.77 bits per heavy atom. The number of hydrogen-bond acceptors (Lipinski definition) is 2. The minimum absolute atomic E-state index is 0.278. The molecule has 0 saturated carbocycles. The third-order valence-electron chi connectivity index (χ3n) is 5.24. The summed E-state index contributed by atoms with van der Waals surface area (Å²) in [6.45, 7) is 11.0. The molecule has 1 fully saturated rings. The summed E-state index contributed by atoms with van der Waals surface area (Å²) in [7, 11) is 1.89. The van der Waals surface area contributed by atoms with Gasteiger partial charge in [0.15, 0.2) is 0 Å². The maximum Gasteiger partial charge on any atom is 0.222 e. The standard InChI is InChI=1S/C19H32N2O/c1-14-7-6-10-19(3,4)17(14)9-8-15(2)20-12-16-11-18(22)21(5)13-16/h8-9,15-16,20H,6-7,10-13H2,1-5H3. The molecule has 1 aliphatic heterocycles. The fourth-order valence-corrected chi connectivity index (χ4v) is 3.76. The molecule has 2 aliphatic rings. The van der Waals surface area contributed by atoms with Gasteiger partial charge >= 0.3 is 0 Å². The molecule has 2 rings (SSSR count). The van der Waals surface area contributed by atoms with Crippen molar-refractivity contribution in [2.75, 3.05) is 20.1 Å². The second-order valence-electron chi connectivity index (χ2n) is 7.83. The number of likely N-dealkylation sites (tertiary alicyclic amines) is 1. The number of hydrogen-bond donors (Lipinski definition) is 1. The summed E-state index contributed by atoms with van der Waals surface area (Å²) in [4.78, 5) is 13.4. The van der Waals surface area contributed by atoms with Gasteiger partial charge in [-0.3, -0.25) is 4.79 Å². The van der Waals surface area contributed by atoms with Crippen LogP contribution in [0.2, 0.25) is 0 Å². The Morgan fingerprint density at radius 2 is 2.18 bits per heavy atom. The third-order valence-corrected chi connectivity index (χ3v) is 5.24. The maximum atomic E-state index is 11.5. The largest absolute Gasteiger partial charge is 0.345 e. The fraction of sp³-hybridized carbons (Fsp3) is 0.737. The Bertz CT molecular complexity index is 476. The molecule has 2 atom stereocenters. The molecule has 0 bridgehead atoms. The van der Waals surface area contributed by atoms with Crippen LogP contribution in [0.25, 0.3) is 0 Å². The Labute approximate surface area is 135 Å². The summed E-state index contributed by atoms with van der Waals surface area (Å²) in [6, 6.07) is 0.346. The first-order chi connectivity index (χ1) is 10.3. The molecule has 1 amide bonds. The lowest BCUT2D eigenvalue weighted by Crippen LogP contribution is -2.31. The van der Waals surface area contributed by atoms with Crippen molar-refractivity contribution in [1.82, 2.24) is 10.2 Å². The molecule has 0 aromatic carbocycles. The van der Waals surface area contributed by atoms with Crippen LogP contribution >= 0.6 is 0 Å². The van der Waals surface area contributed by atoms with Crippen molar-refractivity contribution in [2.45, 2.75) is 59.4 Å². The molecular weight excluding hydrogens is 272 g/mol. The zero-order chi connectivity index (χ0) is 16.3. The number of carbonyl (C=O) groups is 1. The van der Waals surface area contributed by atoms with Crippen molar-refractivity contribution in [3.8, 4) is 0 Å². The summed E-state index contributed by atoms with van der Waals surface area (Å²) < 4.78 is 0. The second-order valence-corrected chi connectivity index (χ2v) is 7.83. The normalized spacial score (nSPS) is 27.0. The van der Waals surface area contributed by atoms with Gasteiger partial charge < -0.3 is 10.2 Å². The number of nitrogens with one attached hydrogen (secondary N) is 1. The minimum Gasteiger partial charge on any atom is -0.345 e. The molecule has 2 unspecified atom stereocenters. The van der Waals surface area contributed by atoms with Crippen LogP contribution in [-0.4, -0.2) is 37.0 Å². The number of rotatable bonds is 5. The maximum absolute atomic E-state index is 11.5. The van der Waals surface area contributed by atoms with E-state index < -0.39 is 0 Å². The topological polar surface area (TPSA) is 32.3 Å². The molecule has 0 spiro atoms. The van der Waals surface area contributed by atoms with Crippen LogP contribution in [-0.2, 0) is 4.79 Å². The summed E-state index contributed by atoms with van der Waals surface area (Å²) in [5.41, 5.74) is 3.37. The average molecular weight is 304 g/mol. The number of allylic oxidation sites excluding steroid dienone is 3. The number of nitrogens with zero attached hydrogens (tertiary/aromatic N) is 1. The van der Waals surface area contributed by atoms with Gasteiger partial charge in [0.2, 0.25) is 5.91 Å². The highest BCUT2D eigenvalue weighted by Gasteiger charge is 2.27. The molecule has 1 heterocycles. The summed E-state index contributed by atoms with van der Waals surface area (Å²) >= 11 is 0. The number of carbonyl (C=O) groups excluding carboxylic acids is 1. The van der Waals surface area contributed by atoms with E-state index in [1.165, 1.54) is 24.8 Å². The highest BCUT2D eigenvalue weighted by Crippen LogP contribution is 2.40. The molecule has 1 aliphatic carbocycles. The molecule has 0 radical (unpaired) electrons. The van der Waals surface area contributed by atoms with Gasteiger partial charge in [-0.25, -0.2) is 0 Å². The van der Waals surface area contributed by atoms with E-state index in [4.69, 9.17) is 0 Å². The summed E-state index contributed by atoms with van der Waals surface area (Å²) in [5, 5.41) is 3.56. The molecule has 22 heavy (non-hydrogen) atoms. The van der Waals surface area contributed by atoms with Crippen LogP contribution in [0.3, 0.4) is 0 Å². The van der Waals surface area contributed by atoms with E-state index in [9.17, 15) is 4.79 Å². The monoisotopic (exact) mass is 304 g/mol. The Morgan fingerprint density at radius 1 is 1.45 bits per heavy atom. The van der Waals surface area contributed by atoms with Gasteiger partial charge in [-0.1, -0.05) is 31.6 Å². The Balaban J connectivity index is 1.86. The van der Waals surface area contributed by atoms with Gasteiger partial charge in [0, 0.05) is 32.6 Å². The van der Waals surface area contributed by atoms with Gasteiger partial charge in [-0.2, -0.15) is 0 Å². The van der Waals surface area contributed by atoms with Gasteiger partial charge in [-0.15, -0.1) is 0 Å². The van der Waals surface area contributed by atoms with Crippen molar-refractivity contribution in [3.63, 3.8) is 0 Å². The Hall–Kier alpha value is -1.09. The van der Waals surface area contributed by atoms with Gasteiger partial charge in [0.1, 0.15) is 0 Å². The van der Waals surface area contributed by atoms with Gasteiger partial charge in [0.25, 0.3) is 0 Å². The van der Waals surface area contributed by atoms with Crippen LogP contribution in [0, 0.1) is 11.3 Å². The van der Waals surface area contributed by atoms with E-state index in [1.54, 1.807) is 5.57 Å². The molecule has 0 aromatic heterocycles. The van der Waals surface area contributed by atoms with Crippen LogP contribution < -0.4 is 5.32 Å². The van der Waals surface area contributed by atoms with E-state index in [2.05, 4.69) is 45.2 Å². The first-order valence-corrected chi connectivity index (χ1v) is 8.65. The lowest BCUT2D eigenvalue weighted by atomic mass is 9.72. The van der Waals surface area contributed by atoms with Crippen molar-refractivity contribution < 1.29 is 4.79 Å². The highest BCUT2D eigenvalue weighted by molar-refractivity contribution is 5.78. The average Bonchev–Trinajstić information content (AvgIpc) is 2.74. The molecule has 1 N–H and O–H groups in total. The molecule has 1 saturated heterocycles. The minimum atomic E-state index is 0.278. The molecule has 124 valence electrons. The highest BCUT2D eigenvalue weighted by atomic mass is 16.2. The molecule has 0 aromatic rings. The van der Waals surface area contributed by atoms with Crippen molar-refractivity contribution in [3.05, 3.63) is 23.3 Å². The predicted molar refractivity (Wildman–Crippen MR) is 92.7 cm³/mol.